The molecular weight excluding hydrogens is 410 g/mol. The highest BCUT2D eigenvalue weighted by Gasteiger charge is 2.28. The molecule has 1 aliphatic heterocycles. The summed E-state index contributed by atoms with van der Waals surface area (Å²) in [7, 11) is 0. The molecule has 0 unspecified atom stereocenters. The number of hydrogen-bond acceptors (Lipinski definition) is 5. The smallest absolute Gasteiger partial charge is 0.265 e. The Morgan fingerprint density at radius 2 is 2.10 bits per heavy atom. The third-order valence-electron chi connectivity index (χ3n) is 4.49. The van der Waals surface area contributed by atoms with Gasteiger partial charge in [0.2, 0.25) is 5.91 Å². The number of nitrogens with one attached hydrogen (secondary N) is 1. The third-order valence-corrected chi connectivity index (χ3v) is 5.61. The van der Waals surface area contributed by atoms with Gasteiger partial charge in [0.1, 0.15) is 12.3 Å². The number of anilines is 2. The Morgan fingerprint density at radius 3 is 2.83 bits per heavy atom. The van der Waals surface area contributed by atoms with Crippen LogP contribution in [0.25, 0.3) is 11.3 Å². The number of ether oxygens (including phenoxy) is 1. The van der Waals surface area contributed by atoms with Gasteiger partial charge in [0.25, 0.3) is 5.91 Å². The Morgan fingerprint density at radius 1 is 1.28 bits per heavy atom. The van der Waals surface area contributed by atoms with E-state index in [4.69, 9.17) is 16.3 Å². The van der Waals surface area contributed by atoms with E-state index in [0.29, 0.717) is 22.1 Å². The molecule has 2 aromatic carbocycles. The maximum Gasteiger partial charge on any atom is 0.265 e. The van der Waals surface area contributed by atoms with Crippen molar-refractivity contribution in [1.82, 2.24) is 4.98 Å². The predicted molar refractivity (Wildman–Crippen MR) is 115 cm³/mol. The molecule has 0 saturated heterocycles. The van der Waals surface area contributed by atoms with Crippen molar-refractivity contribution in [2.45, 2.75) is 13.8 Å². The standard InChI is InChI=1S/C21H18ClN3O3S/c1-12-21(23-13(2)29-12)14-6-7-18-17(8-14)25(20(27)11-28-18)10-19(26)24-16-5-3-4-15(22)9-16/h3-9H,10-11H2,1-2H3,(H,24,26). The molecule has 0 radical (unpaired) electrons. The Balaban J connectivity index is 1.61. The minimum absolute atomic E-state index is 0.106. The molecule has 6 nitrogen and oxygen atoms in total. The molecule has 0 bridgehead atoms. The van der Waals surface area contributed by atoms with E-state index < -0.39 is 0 Å². The molecule has 0 spiro atoms. The molecule has 2 heterocycles. The van der Waals surface area contributed by atoms with E-state index in [1.165, 1.54) is 4.90 Å². The van der Waals surface area contributed by atoms with Gasteiger partial charge in [-0.05, 0) is 50.2 Å². The van der Waals surface area contributed by atoms with Crippen molar-refractivity contribution in [3.8, 4) is 17.0 Å². The normalized spacial score (nSPS) is 13.1. The first-order valence-electron chi connectivity index (χ1n) is 8.98. The van der Waals surface area contributed by atoms with E-state index in [9.17, 15) is 9.59 Å². The lowest BCUT2D eigenvalue weighted by atomic mass is 10.1. The Kier molecular flexibility index (Phi) is 5.25. The molecule has 0 aliphatic carbocycles. The summed E-state index contributed by atoms with van der Waals surface area (Å²) in [6, 6.07) is 12.4. The van der Waals surface area contributed by atoms with E-state index in [0.717, 1.165) is 21.1 Å². The molecular formula is C21H18ClN3O3S. The Bertz CT molecular complexity index is 1110. The van der Waals surface area contributed by atoms with Crippen LogP contribution in [-0.4, -0.2) is 29.9 Å². The average Bonchev–Trinajstić information content (AvgIpc) is 3.02. The largest absolute Gasteiger partial charge is 0.482 e. The summed E-state index contributed by atoms with van der Waals surface area (Å²) in [5.41, 5.74) is 2.89. The molecule has 1 aliphatic rings. The molecule has 0 atom stereocenters. The second kappa shape index (κ2) is 7.85. The Hall–Kier alpha value is -2.90. The van der Waals surface area contributed by atoms with Crippen LogP contribution in [0.3, 0.4) is 0 Å². The van der Waals surface area contributed by atoms with Crippen LogP contribution < -0.4 is 15.0 Å². The highest BCUT2D eigenvalue weighted by molar-refractivity contribution is 7.11. The van der Waals surface area contributed by atoms with Gasteiger partial charge in [0.05, 0.1) is 16.4 Å². The minimum atomic E-state index is -0.320. The van der Waals surface area contributed by atoms with Gasteiger partial charge in [0.15, 0.2) is 6.61 Å². The molecule has 1 aromatic heterocycles. The number of aryl methyl sites for hydroxylation is 2. The van der Waals surface area contributed by atoms with E-state index >= 15 is 0 Å². The third kappa shape index (κ3) is 4.11. The van der Waals surface area contributed by atoms with E-state index in [1.807, 2.05) is 32.0 Å². The number of nitrogens with zero attached hydrogens (tertiary/aromatic N) is 2. The first kappa shape index (κ1) is 19.4. The van der Waals surface area contributed by atoms with Crippen LogP contribution >= 0.6 is 22.9 Å². The highest BCUT2D eigenvalue weighted by atomic mass is 35.5. The van der Waals surface area contributed by atoms with E-state index in [-0.39, 0.29) is 25.0 Å². The van der Waals surface area contributed by atoms with Crippen molar-refractivity contribution in [3.63, 3.8) is 0 Å². The minimum Gasteiger partial charge on any atom is -0.482 e. The molecule has 2 amide bonds. The van der Waals surface area contributed by atoms with Crippen molar-refractivity contribution < 1.29 is 14.3 Å². The number of aromatic nitrogens is 1. The number of carbonyl (C=O) groups excluding carboxylic acids is 2. The number of carbonyl (C=O) groups is 2. The maximum atomic E-state index is 12.6. The summed E-state index contributed by atoms with van der Waals surface area (Å²) in [6.45, 7) is 3.74. The van der Waals surface area contributed by atoms with Crippen molar-refractivity contribution in [2.24, 2.45) is 0 Å². The van der Waals surface area contributed by atoms with E-state index in [1.54, 1.807) is 35.6 Å². The molecule has 8 heteroatoms. The highest BCUT2D eigenvalue weighted by Crippen LogP contribution is 2.37. The van der Waals surface area contributed by atoms with Crippen LogP contribution in [0.15, 0.2) is 42.5 Å². The van der Waals surface area contributed by atoms with Crippen LogP contribution in [0.2, 0.25) is 5.02 Å². The molecule has 0 fully saturated rings. The number of thiazole rings is 1. The van der Waals surface area contributed by atoms with Crippen molar-refractivity contribution >= 4 is 46.1 Å². The molecule has 29 heavy (non-hydrogen) atoms. The van der Waals surface area contributed by atoms with Gasteiger partial charge in [-0.25, -0.2) is 4.98 Å². The second-order valence-corrected chi connectivity index (χ2v) is 8.49. The molecule has 148 valence electrons. The maximum absolute atomic E-state index is 12.6. The molecule has 3 aromatic rings. The van der Waals surface area contributed by atoms with Gasteiger partial charge in [-0.1, -0.05) is 17.7 Å². The lowest BCUT2D eigenvalue weighted by molar-refractivity contribution is -0.123. The van der Waals surface area contributed by atoms with Gasteiger partial charge in [-0.2, -0.15) is 0 Å². The monoisotopic (exact) mass is 427 g/mol. The van der Waals surface area contributed by atoms with Gasteiger partial charge in [0, 0.05) is 21.2 Å². The molecule has 4 rings (SSSR count). The molecule has 0 saturated carbocycles. The lowest BCUT2D eigenvalue weighted by Crippen LogP contribution is -2.43. The average molecular weight is 428 g/mol. The zero-order chi connectivity index (χ0) is 20.5. The van der Waals surface area contributed by atoms with Crippen molar-refractivity contribution in [3.05, 3.63) is 57.4 Å². The number of benzene rings is 2. The summed E-state index contributed by atoms with van der Waals surface area (Å²) < 4.78 is 5.55. The number of fused-ring (bicyclic) bond motifs is 1. The van der Waals surface area contributed by atoms with Gasteiger partial charge < -0.3 is 10.1 Å². The number of amides is 2. The molecule has 1 N–H and O–H groups in total. The summed E-state index contributed by atoms with van der Waals surface area (Å²) in [6.07, 6.45) is 0. The van der Waals surface area contributed by atoms with Crippen LogP contribution in [-0.2, 0) is 9.59 Å². The fourth-order valence-electron chi connectivity index (χ4n) is 3.23. The first-order valence-corrected chi connectivity index (χ1v) is 10.2. The van der Waals surface area contributed by atoms with Crippen LogP contribution in [0.5, 0.6) is 5.75 Å². The second-order valence-electron chi connectivity index (χ2n) is 6.65. The quantitative estimate of drug-likeness (QED) is 0.668. The summed E-state index contributed by atoms with van der Waals surface area (Å²) in [5, 5.41) is 4.27. The number of halogens is 1. The predicted octanol–water partition coefficient (Wildman–Crippen LogP) is 4.44. The summed E-state index contributed by atoms with van der Waals surface area (Å²) in [4.78, 5) is 32.2. The van der Waals surface area contributed by atoms with E-state index in [2.05, 4.69) is 10.3 Å². The van der Waals surface area contributed by atoms with Crippen LogP contribution in [0.1, 0.15) is 9.88 Å². The van der Waals surface area contributed by atoms with Crippen LogP contribution in [0, 0.1) is 13.8 Å². The zero-order valence-corrected chi connectivity index (χ0v) is 17.4. The fraction of sp³-hybridized carbons (Fsp3) is 0.190. The Labute approximate surface area is 177 Å². The van der Waals surface area contributed by atoms with Crippen molar-refractivity contribution in [1.29, 1.82) is 0 Å². The van der Waals surface area contributed by atoms with Gasteiger partial charge in [-0.3, -0.25) is 14.5 Å². The van der Waals surface area contributed by atoms with Gasteiger partial charge >= 0.3 is 0 Å². The van der Waals surface area contributed by atoms with Crippen molar-refractivity contribution in [2.75, 3.05) is 23.4 Å². The first-order chi connectivity index (χ1) is 13.9. The van der Waals surface area contributed by atoms with Gasteiger partial charge in [-0.15, -0.1) is 11.3 Å². The zero-order valence-electron chi connectivity index (χ0n) is 15.9. The topological polar surface area (TPSA) is 71.5 Å². The van der Waals surface area contributed by atoms with Crippen LogP contribution in [0.4, 0.5) is 11.4 Å². The lowest BCUT2D eigenvalue weighted by Gasteiger charge is -2.29. The summed E-state index contributed by atoms with van der Waals surface area (Å²) >= 11 is 7.58. The number of hydrogen-bond donors (Lipinski definition) is 1. The number of rotatable bonds is 4. The summed E-state index contributed by atoms with van der Waals surface area (Å²) in [5.74, 6) is -0.0323. The fourth-order valence-corrected chi connectivity index (χ4v) is 4.26. The SMILES string of the molecule is Cc1nc(-c2ccc3c(c2)N(CC(=O)Nc2cccc(Cl)c2)C(=O)CO3)c(C)s1.